The first kappa shape index (κ1) is 11.5. The Balaban J connectivity index is 3.65. The molecule has 1 heteroatoms. The van der Waals surface area contributed by atoms with E-state index in [-0.39, 0.29) is 0 Å². The molecule has 1 nitrogen and oxygen atoms in total. The van der Waals surface area contributed by atoms with Crippen molar-refractivity contribution in [2.45, 2.75) is 53.4 Å². The third-order valence-electron chi connectivity index (χ3n) is 2.10. The van der Waals surface area contributed by atoms with Crippen molar-refractivity contribution in [2.75, 3.05) is 0 Å². The molecule has 0 radical (unpaired) electrons. The summed E-state index contributed by atoms with van der Waals surface area (Å²) in [4.78, 5) is 0. The zero-order valence-corrected chi connectivity index (χ0v) is 8.85. The van der Waals surface area contributed by atoms with Gasteiger partial charge in [-0.05, 0) is 30.6 Å². The fourth-order valence-electron chi connectivity index (χ4n) is 1.85. The summed E-state index contributed by atoms with van der Waals surface area (Å²) < 4.78 is 0. The Labute approximate surface area is 76.8 Å². The first-order valence-electron chi connectivity index (χ1n) is 4.85. The van der Waals surface area contributed by atoms with E-state index in [9.17, 15) is 0 Å². The van der Waals surface area contributed by atoms with Crippen molar-refractivity contribution in [1.29, 1.82) is 5.26 Å². The predicted molar refractivity (Wildman–Crippen MR) is 52.7 cm³/mol. The van der Waals surface area contributed by atoms with Crippen LogP contribution in [0.2, 0.25) is 0 Å². The van der Waals surface area contributed by atoms with Crippen LogP contribution in [-0.4, -0.2) is 0 Å². The van der Waals surface area contributed by atoms with E-state index in [0.717, 1.165) is 12.3 Å². The van der Waals surface area contributed by atoms with Gasteiger partial charge < -0.3 is 0 Å². The Kier molecular flexibility index (Phi) is 4.97. The number of nitrogens with zero attached hydrogens (tertiary/aromatic N) is 1. The lowest BCUT2D eigenvalue weighted by molar-refractivity contribution is 0.260. The Hall–Kier alpha value is -0.510. The number of hydrogen-bond acceptors (Lipinski definition) is 1. The minimum Gasteiger partial charge on any atom is -0.198 e. The molecular weight excluding hydrogens is 146 g/mol. The highest BCUT2D eigenvalue weighted by Gasteiger charge is 2.18. The number of unbranched alkanes of at least 4 members (excludes halogenated alkanes) is 1. The number of nitriles is 1. The molecule has 0 aliphatic rings. The predicted octanol–water partition coefficient (Wildman–Crippen LogP) is 3.75. The van der Waals surface area contributed by atoms with Crippen LogP contribution < -0.4 is 0 Å². The molecule has 0 saturated heterocycles. The highest BCUT2D eigenvalue weighted by molar-refractivity contribution is 4.74. The molecule has 0 unspecified atom stereocenters. The summed E-state index contributed by atoms with van der Waals surface area (Å²) in [5.74, 6) is 0.766. The van der Waals surface area contributed by atoms with Crippen LogP contribution in [-0.2, 0) is 0 Å². The zero-order valence-electron chi connectivity index (χ0n) is 8.85. The van der Waals surface area contributed by atoms with Crippen LogP contribution >= 0.6 is 0 Å². The van der Waals surface area contributed by atoms with Crippen LogP contribution in [0.3, 0.4) is 0 Å². The Morgan fingerprint density at radius 3 is 2.33 bits per heavy atom. The quantitative estimate of drug-likeness (QED) is 0.572. The molecule has 0 aliphatic heterocycles. The molecule has 0 rings (SSSR count). The van der Waals surface area contributed by atoms with Crippen molar-refractivity contribution in [1.82, 2.24) is 0 Å². The molecule has 0 aromatic rings. The molecule has 0 bridgehead atoms. The van der Waals surface area contributed by atoms with Gasteiger partial charge in [-0.1, -0.05) is 27.7 Å². The molecule has 0 aliphatic carbocycles. The summed E-state index contributed by atoms with van der Waals surface area (Å²) in [5, 5.41) is 8.39. The van der Waals surface area contributed by atoms with Gasteiger partial charge in [-0.15, -0.1) is 0 Å². The lowest BCUT2D eigenvalue weighted by atomic mass is 9.80. The Morgan fingerprint density at radius 1 is 1.33 bits per heavy atom. The number of hydrogen-bond donors (Lipinski definition) is 0. The topological polar surface area (TPSA) is 23.8 Å². The van der Waals surface area contributed by atoms with Crippen molar-refractivity contribution in [3.05, 3.63) is 0 Å². The van der Waals surface area contributed by atoms with E-state index >= 15 is 0 Å². The summed E-state index contributed by atoms with van der Waals surface area (Å²) in [5.41, 5.74) is 0.422. The van der Waals surface area contributed by atoms with Gasteiger partial charge in [0.2, 0.25) is 0 Å². The second kappa shape index (κ2) is 5.19. The standard InChI is InChI=1S/C11H21N/c1-10(2)9-11(3,4)7-5-6-8-12/h10H,5-7,9H2,1-4H3. The second-order valence-corrected chi connectivity index (χ2v) is 4.77. The van der Waals surface area contributed by atoms with Gasteiger partial charge in [-0.3, -0.25) is 0 Å². The summed E-state index contributed by atoms with van der Waals surface area (Å²) in [7, 11) is 0. The molecule has 0 spiro atoms. The molecule has 0 amide bonds. The van der Waals surface area contributed by atoms with Gasteiger partial charge in [0.15, 0.2) is 0 Å². The van der Waals surface area contributed by atoms with E-state index in [4.69, 9.17) is 5.26 Å². The van der Waals surface area contributed by atoms with Crippen LogP contribution in [0.1, 0.15) is 53.4 Å². The molecule has 70 valence electrons. The maximum absolute atomic E-state index is 8.39. The van der Waals surface area contributed by atoms with E-state index < -0.39 is 0 Å². The largest absolute Gasteiger partial charge is 0.198 e. The monoisotopic (exact) mass is 167 g/mol. The van der Waals surface area contributed by atoms with Crippen molar-refractivity contribution < 1.29 is 0 Å². The summed E-state index contributed by atoms with van der Waals surface area (Å²) in [6.07, 6.45) is 4.20. The first-order chi connectivity index (χ1) is 5.48. The highest BCUT2D eigenvalue weighted by atomic mass is 14.3. The first-order valence-corrected chi connectivity index (χ1v) is 4.85. The van der Waals surface area contributed by atoms with Crippen LogP contribution in [0.5, 0.6) is 0 Å². The minimum atomic E-state index is 0.422. The molecular formula is C11H21N. The third kappa shape index (κ3) is 6.22. The van der Waals surface area contributed by atoms with Gasteiger partial charge in [0.1, 0.15) is 0 Å². The van der Waals surface area contributed by atoms with Crippen LogP contribution in [0.15, 0.2) is 0 Å². The summed E-state index contributed by atoms with van der Waals surface area (Å²) in [6.45, 7) is 9.10. The SMILES string of the molecule is CC(C)CC(C)(C)CCCC#N. The Morgan fingerprint density at radius 2 is 1.92 bits per heavy atom. The van der Waals surface area contributed by atoms with E-state index in [1.54, 1.807) is 0 Å². The van der Waals surface area contributed by atoms with E-state index in [1.807, 2.05) is 0 Å². The average Bonchev–Trinajstić information content (AvgIpc) is 1.84. The summed E-state index contributed by atoms with van der Waals surface area (Å²) in [6, 6.07) is 2.19. The third-order valence-corrected chi connectivity index (χ3v) is 2.10. The lowest BCUT2D eigenvalue weighted by Crippen LogP contribution is -2.14. The van der Waals surface area contributed by atoms with Gasteiger partial charge >= 0.3 is 0 Å². The zero-order chi connectivity index (χ0) is 9.61. The van der Waals surface area contributed by atoms with Gasteiger partial charge in [0.25, 0.3) is 0 Å². The maximum Gasteiger partial charge on any atom is 0.0621 e. The van der Waals surface area contributed by atoms with Crippen molar-refractivity contribution in [3.63, 3.8) is 0 Å². The van der Waals surface area contributed by atoms with Crippen LogP contribution in [0.25, 0.3) is 0 Å². The molecule has 0 fully saturated rings. The normalized spacial score (nSPS) is 11.7. The van der Waals surface area contributed by atoms with Gasteiger partial charge in [0.05, 0.1) is 6.07 Å². The second-order valence-electron chi connectivity index (χ2n) is 4.77. The molecule has 0 aromatic carbocycles. The fourth-order valence-corrected chi connectivity index (χ4v) is 1.85. The average molecular weight is 167 g/mol. The van der Waals surface area contributed by atoms with Gasteiger partial charge in [-0.2, -0.15) is 5.26 Å². The molecule has 0 N–H and O–H groups in total. The van der Waals surface area contributed by atoms with Gasteiger partial charge in [0, 0.05) is 6.42 Å². The van der Waals surface area contributed by atoms with Crippen molar-refractivity contribution in [3.8, 4) is 6.07 Å². The minimum absolute atomic E-state index is 0.422. The van der Waals surface area contributed by atoms with Crippen molar-refractivity contribution >= 4 is 0 Å². The maximum atomic E-state index is 8.39. The molecule has 12 heavy (non-hydrogen) atoms. The molecule has 0 heterocycles. The van der Waals surface area contributed by atoms with Crippen LogP contribution in [0, 0.1) is 22.7 Å². The fraction of sp³-hybridized carbons (Fsp3) is 0.909. The summed E-state index contributed by atoms with van der Waals surface area (Å²) >= 11 is 0. The van der Waals surface area contributed by atoms with E-state index in [0.29, 0.717) is 11.8 Å². The molecule has 0 atom stereocenters. The Bertz CT molecular complexity index is 151. The number of rotatable bonds is 5. The van der Waals surface area contributed by atoms with Crippen LogP contribution in [0.4, 0.5) is 0 Å². The molecule has 0 aromatic heterocycles. The van der Waals surface area contributed by atoms with Gasteiger partial charge in [-0.25, -0.2) is 0 Å². The molecule has 0 saturated carbocycles. The van der Waals surface area contributed by atoms with E-state index in [1.165, 1.54) is 12.8 Å². The van der Waals surface area contributed by atoms with E-state index in [2.05, 4.69) is 33.8 Å². The smallest absolute Gasteiger partial charge is 0.0621 e. The lowest BCUT2D eigenvalue weighted by Gasteiger charge is -2.26. The highest BCUT2D eigenvalue weighted by Crippen LogP contribution is 2.30. The van der Waals surface area contributed by atoms with Crippen molar-refractivity contribution in [2.24, 2.45) is 11.3 Å².